The second-order valence-electron chi connectivity index (χ2n) is 5.59. The molecule has 25 heavy (non-hydrogen) atoms. The molecule has 0 radical (unpaired) electrons. The van der Waals surface area contributed by atoms with Crippen LogP contribution >= 0.6 is 27.5 Å². The molecule has 0 aromatic heterocycles. The Bertz CT molecular complexity index is 809. The first-order valence-corrected chi connectivity index (χ1v) is 8.52. The summed E-state index contributed by atoms with van der Waals surface area (Å²) in [5.74, 6) is -0.401. The SMILES string of the molecule is O=C1c2c(Cl)cc(Br)cc2CN1CCc1ccc(OC(F)(F)F)cc1. The van der Waals surface area contributed by atoms with Crippen molar-refractivity contribution in [2.45, 2.75) is 19.3 Å². The van der Waals surface area contributed by atoms with Gasteiger partial charge in [-0.1, -0.05) is 39.7 Å². The summed E-state index contributed by atoms with van der Waals surface area (Å²) in [4.78, 5) is 14.1. The van der Waals surface area contributed by atoms with Crippen molar-refractivity contribution < 1.29 is 22.7 Å². The lowest BCUT2D eigenvalue weighted by Crippen LogP contribution is -2.26. The molecule has 8 heteroatoms. The van der Waals surface area contributed by atoms with E-state index in [2.05, 4.69) is 20.7 Å². The number of rotatable bonds is 4. The lowest BCUT2D eigenvalue weighted by Gasteiger charge is -2.15. The zero-order valence-electron chi connectivity index (χ0n) is 12.7. The van der Waals surface area contributed by atoms with Crippen molar-refractivity contribution >= 4 is 33.4 Å². The van der Waals surface area contributed by atoms with Crippen LogP contribution in [0.25, 0.3) is 0 Å². The molecule has 1 aliphatic heterocycles. The summed E-state index contributed by atoms with van der Waals surface area (Å²) in [6.45, 7) is 0.906. The first kappa shape index (κ1) is 18.1. The maximum absolute atomic E-state index is 12.4. The van der Waals surface area contributed by atoms with Gasteiger partial charge in [0.1, 0.15) is 5.75 Å². The van der Waals surface area contributed by atoms with Gasteiger partial charge in [-0.25, -0.2) is 0 Å². The summed E-state index contributed by atoms with van der Waals surface area (Å²) >= 11 is 9.49. The Morgan fingerprint density at radius 3 is 2.52 bits per heavy atom. The van der Waals surface area contributed by atoms with Crippen LogP contribution in [0.15, 0.2) is 40.9 Å². The zero-order valence-corrected chi connectivity index (χ0v) is 15.1. The quantitative estimate of drug-likeness (QED) is 0.662. The Kier molecular flexibility index (Phi) is 4.97. The van der Waals surface area contributed by atoms with Gasteiger partial charge in [0.15, 0.2) is 0 Å². The molecule has 0 N–H and O–H groups in total. The van der Waals surface area contributed by atoms with Crippen molar-refractivity contribution in [3.8, 4) is 5.75 Å². The second kappa shape index (κ2) is 6.88. The van der Waals surface area contributed by atoms with Crippen molar-refractivity contribution in [1.29, 1.82) is 0 Å². The number of carbonyl (C=O) groups excluding carboxylic acids is 1. The predicted molar refractivity (Wildman–Crippen MR) is 90.7 cm³/mol. The van der Waals surface area contributed by atoms with Gasteiger partial charge in [-0.3, -0.25) is 4.79 Å². The van der Waals surface area contributed by atoms with E-state index in [-0.39, 0.29) is 11.7 Å². The van der Waals surface area contributed by atoms with Gasteiger partial charge in [-0.05, 0) is 41.8 Å². The van der Waals surface area contributed by atoms with Crippen LogP contribution in [0.4, 0.5) is 13.2 Å². The van der Waals surface area contributed by atoms with Crippen molar-refractivity contribution in [3.63, 3.8) is 0 Å². The van der Waals surface area contributed by atoms with E-state index in [0.29, 0.717) is 30.1 Å². The molecule has 0 saturated heterocycles. The van der Waals surface area contributed by atoms with Gasteiger partial charge < -0.3 is 9.64 Å². The molecule has 0 spiro atoms. The maximum atomic E-state index is 12.4. The molecular formula is C17H12BrClF3NO2. The average molecular weight is 435 g/mol. The summed E-state index contributed by atoms with van der Waals surface area (Å²) in [7, 11) is 0. The molecule has 0 aliphatic carbocycles. The van der Waals surface area contributed by atoms with Crippen molar-refractivity contribution in [2.24, 2.45) is 0 Å². The topological polar surface area (TPSA) is 29.5 Å². The minimum absolute atomic E-state index is 0.135. The first-order valence-electron chi connectivity index (χ1n) is 7.35. The van der Waals surface area contributed by atoms with Gasteiger partial charge >= 0.3 is 6.36 Å². The van der Waals surface area contributed by atoms with E-state index < -0.39 is 6.36 Å². The summed E-state index contributed by atoms with van der Waals surface area (Å²) in [5.41, 5.74) is 2.18. The highest BCUT2D eigenvalue weighted by atomic mass is 79.9. The summed E-state index contributed by atoms with van der Waals surface area (Å²) < 4.78 is 41.1. The van der Waals surface area contributed by atoms with Gasteiger partial charge in [0, 0.05) is 17.6 Å². The smallest absolute Gasteiger partial charge is 0.406 e. The van der Waals surface area contributed by atoms with Gasteiger partial charge in [-0.15, -0.1) is 13.2 Å². The second-order valence-corrected chi connectivity index (χ2v) is 6.91. The molecule has 3 rings (SSSR count). The number of benzene rings is 2. The number of alkyl halides is 3. The number of fused-ring (bicyclic) bond motifs is 1. The van der Waals surface area contributed by atoms with Crippen LogP contribution in [-0.2, 0) is 13.0 Å². The van der Waals surface area contributed by atoms with Crippen LogP contribution in [0.1, 0.15) is 21.5 Å². The third-order valence-corrected chi connectivity index (χ3v) is 4.58. The number of amides is 1. The third kappa shape index (κ3) is 4.27. The third-order valence-electron chi connectivity index (χ3n) is 3.83. The normalized spacial score (nSPS) is 14.0. The summed E-state index contributed by atoms with van der Waals surface area (Å²) in [5, 5.41) is 0.408. The Labute approximate surface area is 155 Å². The van der Waals surface area contributed by atoms with Crippen LogP contribution in [0.2, 0.25) is 5.02 Å². The largest absolute Gasteiger partial charge is 0.573 e. The number of nitrogens with zero attached hydrogens (tertiary/aromatic N) is 1. The minimum Gasteiger partial charge on any atom is -0.406 e. The van der Waals surface area contributed by atoms with Crippen LogP contribution in [0.3, 0.4) is 0 Å². The predicted octanol–water partition coefficient (Wildman–Crippen LogP) is 5.20. The van der Waals surface area contributed by atoms with Gasteiger partial charge in [0.05, 0.1) is 10.6 Å². The molecule has 0 saturated carbocycles. The molecule has 132 valence electrons. The van der Waals surface area contributed by atoms with Gasteiger partial charge in [0.25, 0.3) is 5.91 Å². The lowest BCUT2D eigenvalue weighted by molar-refractivity contribution is -0.274. The fourth-order valence-electron chi connectivity index (χ4n) is 2.73. The highest BCUT2D eigenvalue weighted by Crippen LogP contribution is 2.32. The van der Waals surface area contributed by atoms with Gasteiger partial charge in [-0.2, -0.15) is 0 Å². The number of halogens is 5. The summed E-state index contributed by atoms with van der Waals surface area (Å²) in [6.07, 6.45) is -4.19. The van der Waals surface area contributed by atoms with Crippen molar-refractivity contribution in [1.82, 2.24) is 4.90 Å². The first-order chi connectivity index (χ1) is 11.7. The number of hydrogen-bond acceptors (Lipinski definition) is 2. The fraction of sp³-hybridized carbons (Fsp3) is 0.235. The molecule has 2 aromatic carbocycles. The molecule has 1 aliphatic rings. The van der Waals surface area contributed by atoms with Crippen LogP contribution in [0.5, 0.6) is 5.75 Å². The van der Waals surface area contributed by atoms with Crippen LogP contribution in [-0.4, -0.2) is 23.7 Å². The van der Waals surface area contributed by atoms with E-state index >= 15 is 0 Å². The molecule has 0 fully saturated rings. The van der Waals surface area contributed by atoms with Gasteiger partial charge in [0.2, 0.25) is 0 Å². The minimum atomic E-state index is -4.71. The lowest BCUT2D eigenvalue weighted by atomic mass is 10.1. The van der Waals surface area contributed by atoms with Crippen LogP contribution in [0, 0.1) is 0 Å². The Morgan fingerprint density at radius 2 is 1.88 bits per heavy atom. The van der Waals surface area contributed by atoms with E-state index in [0.717, 1.165) is 15.6 Å². The van der Waals surface area contributed by atoms with E-state index in [1.165, 1.54) is 12.1 Å². The molecule has 1 amide bonds. The standard InChI is InChI=1S/C17H12BrClF3NO2/c18-12-7-11-9-23(16(24)15(11)14(19)8-12)6-5-10-1-3-13(4-2-10)25-17(20,21)22/h1-4,7-8H,5-6,9H2. The van der Waals surface area contributed by atoms with Crippen molar-refractivity contribution in [3.05, 3.63) is 62.6 Å². The molecular weight excluding hydrogens is 423 g/mol. The Morgan fingerprint density at radius 1 is 1.20 bits per heavy atom. The number of ether oxygens (including phenoxy) is 1. The highest BCUT2D eigenvalue weighted by molar-refractivity contribution is 9.10. The molecule has 0 unspecified atom stereocenters. The highest BCUT2D eigenvalue weighted by Gasteiger charge is 2.31. The van der Waals surface area contributed by atoms with E-state index in [1.54, 1.807) is 23.1 Å². The Hall–Kier alpha value is -1.73. The van der Waals surface area contributed by atoms with E-state index in [1.807, 2.05) is 6.07 Å². The number of carbonyl (C=O) groups is 1. The fourth-order valence-corrected chi connectivity index (χ4v) is 3.69. The van der Waals surface area contributed by atoms with Crippen LogP contribution < -0.4 is 4.74 Å². The maximum Gasteiger partial charge on any atom is 0.573 e. The molecule has 1 heterocycles. The van der Waals surface area contributed by atoms with Crippen molar-refractivity contribution in [2.75, 3.05) is 6.54 Å². The summed E-state index contributed by atoms with van der Waals surface area (Å²) in [6, 6.07) is 9.18. The average Bonchev–Trinajstić information content (AvgIpc) is 2.81. The van der Waals surface area contributed by atoms with E-state index in [9.17, 15) is 18.0 Å². The number of hydrogen-bond donors (Lipinski definition) is 0. The van der Waals surface area contributed by atoms with E-state index in [4.69, 9.17) is 11.6 Å². The molecule has 3 nitrogen and oxygen atoms in total. The molecule has 0 atom stereocenters. The zero-order chi connectivity index (χ0) is 18.2. The molecule has 2 aromatic rings. The molecule has 0 bridgehead atoms. The monoisotopic (exact) mass is 433 g/mol. The Balaban J connectivity index is 1.63.